The molecule has 168 valence electrons. The molecule has 0 unspecified atom stereocenters. The number of rotatable bonds is 6. The van der Waals surface area contributed by atoms with Crippen molar-refractivity contribution in [2.45, 2.75) is 45.6 Å². The minimum Gasteiger partial charge on any atom is -0.478 e. The van der Waals surface area contributed by atoms with Gasteiger partial charge in [-0.25, -0.2) is 9.78 Å². The van der Waals surface area contributed by atoms with E-state index < -0.39 is 5.97 Å². The Kier molecular flexibility index (Phi) is 5.60. The van der Waals surface area contributed by atoms with E-state index in [4.69, 9.17) is 4.98 Å². The summed E-state index contributed by atoms with van der Waals surface area (Å²) in [7, 11) is 0. The van der Waals surface area contributed by atoms with Gasteiger partial charge in [-0.15, -0.1) is 10.2 Å². The Morgan fingerprint density at radius 3 is 2.73 bits per heavy atom. The van der Waals surface area contributed by atoms with Crippen molar-refractivity contribution < 1.29 is 9.90 Å². The van der Waals surface area contributed by atoms with Crippen LogP contribution in [0.5, 0.6) is 0 Å². The number of H-pyrrole nitrogens is 1. The lowest BCUT2D eigenvalue weighted by molar-refractivity contribution is -0.131. The van der Waals surface area contributed by atoms with Crippen LogP contribution in [0.4, 0.5) is 0 Å². The highest BCUT2D eigenvalue weighted by molar-refractivity contribution is 5.90. The maximum absolute atomic E-state index is 11.5. The summed E-state index contributed by atoms with van der Waals surface area (Å²) in [5.41, 5.74) is 5.85. The Morgan fingerprint density at radius 1 is 1.18 bits per heavy atom. The second-order valence-electron chi connectivity index (χ2n) is 8.14. The van der Waals surface area contributed by atoms with E-state index in [1.165, 1.54) is 6.08 Å². The third kappa shape index (κ3) is 4.09. The maximum Gasteiger partial charge on any atom is 0.328 e. The highest BCUT2D eigenvalue weighted by atomic mass is 16.4. The number of aromatic nitrogens is 7. The van der Waals surface area contributed by atoms with Crippen LogP contribution in [0.3, 0.4) is 0 Å². The molecule has 4 aromatic rings. The number of carbonyl (C=O) groups is 1. The predicted molar refractivity (Wildman–Crippen MR) is 123 cm³/mol. The van der Waals surface area contributed by atoms with Crippen LogP contribution < -0.4 is 0 Å². The molecule has 33 heavy (non-hydrogen) atoms. The van der Waals surface area contributed by atoms with Crippen LogP contribution in [0.15, 0.2) is 48.7 Å². The first-order valence-electron chi connectivity index (χ1n) is 11.2. The van der Waals surface area contributed by atoms with Gasteiger partial charge < -0.3 is 14.2 Å². The predicted octanol–water partition coefficient (Wildman–Crippen LogP) is 3.66. The molecule has 0 radical (unpaired) electrons. The quantitative estimate of drug-likeness (QED) is 0.347. The lowest BCUT2D eigenvalue weighted by Crippen LogP contribution is -2.09. The number of nitrogens with one attached hydrogen (secondary N) is 1. The molecular weight excluding hydrogens is 418 g/mol. The number of aliphatic carboxylic acids is 1. The monoisotopic (exact) mass is 443 g/mol. The summed E-state index contributed by atoms with van der Waals surface area (Å²) >= 11 is 0. The largest absolute Gasteiger partial charge is 0.478 e. The Balaban J connectivity index is 1.48. The number of tetrazole rings is 1. The molecule has 0 aliphatic heterocycles. The summed E-state index contributed by atoms with van der Waals surface area (Å²) in [4.78, 5) is 16.4. The van der Waals surface area contributed by atoms with Crippen LogP contribution in [-0.4, -0.2) is 45.8 Å². The zero-order valence-corrected chi connectivity index (χ0v) is 18.4. The number of nitrogens with zero attached hydrogens (tertiary/aromatic N) is 6. The van der Waals surface area contributed by atoms with Crippen LogP contribution in [0.2, 0.25) is 0 Å². The molecular formula is C24H25N7O2. The zero-order chi connectivity index (χ0) is 22.8. The molecule has 2 N–H and O–H groups in total. The minimum atomic E-state index is -0.905. The number of imidazole rings is 1. The van der Waals surface area contributed by atoms with Crippen LogP contribution in [0, 0.1) is 0 Å². The molecule has 0 amide bonds. The van der Waals surface area contributed by atoms with Crippen molar-refractivity contribution in [1.29, 1.82) is 0 Å². The van der Waals surface area contributed by atoms with E-state index in [2.05, 4.69) is 56.4 Å². The molecule has 0 saturated carbocycles. The van der Waals surface area contributed by atoms with Gasteiger partial charge in [-0.2, -0.15) is 5.21 Å². The minimum absolute atomic E-state index is 0.538. The number of hydrogen-bond donors (Lipinski definition) is 2. The number of aryl methyl sites for hydroxylation is 2. The van der Waals surface area contributed by atoms with Crippen molar-refractivity contribution in [3.05, 3.63) is 71.4 Å². The third-order valence-electron chi connectivity index (χ3n) is 6.03. The highest BCUT2D eigenvalue weighted by Crippen LogP contribution is 2.31. The Bertz CT molecular complexity index is 1300. The summed E-state index contributed by atoms with van der Waals surface area (Å²) in [6, 6.07) is 12.2. The Labute approximate surface area is 190 Å². The molecule has 3 heterocycles. The second kappa shape index (κ2) is 8.85. The molecule has 0 fully saturated rings. The first-order chi connectivity index (χ1) is 16.1. The fourth-order valence-corrected chi connectivity index (χ4v) is 4.55. The molecule has 5 rings (SSSR count). The van der Waals surface area contributed by atoms with Crippen LogP contribution in [0.25, 0.3) is 22.8 Å². The van der Waals surface area contributed by atoms with Crippen LogP contribution >= 0.6 is 0 Å². The van der Waals surface area contributed by atoms with Gasteiger partial charge >= 0.3 is 5.97 Å². The zero-order valence-electron chi connectivity index (χ0n) is 18.4. The van der Waals surface area contributed by atoms with Gasteiger partial charge in [0.1, 0.15) is 5.82 Å². The molecule has 9 nitrogen and oxygen atoms in total. The van der Waals surface area contributed by atoms with Crippen molar-refractivity contribution in [3.8, 4) is 17.2 Å². The van der Waals surface area contributed by atoms with E-state index >= 15 is 0 Å². The van der Waals surface area contributed by atoms with E-state index in [9.17, 15) is 9.90 Å². The van der Waals surface area contributed by atoms with Gasteiger partial charge in [0.25, 0.3) is 0 Å². The van der Waals surface area contributed by atoms with Gasteiger partial charge in [0.2, 0.25) is 5.82 Å². The number of allylic oxidation sites excluding steroid dienone is 1. The molecule has 9 heteroatoms. The van der Waals surface area contributed by atoms with Crippen molar-refractivity contribution in [2.75, 3.05) is 0 Å². The number of carboxylic acids is 1. The maximum atomic E-state index is 11.5. The first-order valence-corrected chi connectivity index (χ1v) is 11.2. The summed E-state index contributed by atoms with van der Waals surface area (Å²) in [6.45, 7) is 2.74. The van der Waals surface area contributed by atoms with Crippen molar-refractivity contribution in [3.63, 3.8) is 0 Å². The Hall–Kier alpha value is -4.01. The second-order valence-corrected chi connectivity index (χ2v) is 8.14. The molecule has 3 aromatic heterocycles. The lowest BCUT2D eigenvalue weighted by Gasteiger charge is -2.14. The molecule has 0 saturated heterocycles. The molecule has 1 aliphatic rings. The van der Waals surface area contributed by atoms with E-state index in [-0.39, 0.29) is 0 Å². The third-order valence-corrected chi connectivity index (χ3v) is 6.03. The van der Waals surface area contributed by atoms with Gasteiger partial charge in [-0.05, 0) is 66.3 Å². The van der Waals surface area contributed by atoms with Crippen molar-refractivity contribution >= 4 is 11.5 Å². The van der Waals surface area contributed by atoms with E-state index in [1.807, 2.05) is 22.9 Å². The lowest BCUT2D eigenvalue weighted by atomic mass is 10.1. The van der Waals surface area contributed by atoms with E-state index in [0.717, 1.165) is 71.8 Å². The summed E-state index contributed by atoms with van der Waals surface area (Å²) in [5.74, 6) is 0.625. The van der Waals surface area contributed by atoms with Gasteiger partial charge in [0.05, 0.1) is 17.1 Å². The first kappa shape index (κ1) is 20.9. The number of benzene rings is 1. The summed E-state index contributed by atoms with van der Waals surface area (Å²) in [6.07, 6.45) is 7.77. The SMILES string of the molecule is CCc1nc2c(n1Cc1ccc(-n3cccc3-c3nn[nH]n3)cc1)/C(=C/C(=O)O)CCCC2. The van der Waals surface area contributed by atoms with Gasteiger partial charge in [0, 0.05) is 30.9 Å². The summed E-state index contributed by atoms with van der Waals surface area (Å²) < 4.78 is 4.22. The number of carboxylic acid groups (broad SMARTS) is 1. The van der Waals surface area contributed by atoms with E-state index in [0.29, 0.717) is 12.4 Å². The highest BCUT2D eigenvalue weighted by Gasteiger charge is 2.22. The average Bonchev–Trinajstić information content (AvgIpc) is 3.54. The van der Waals surface area contributed by atoms with Gasteiger partial charge in [0.15, 0.2) is 0 Å². The number of hydrogen-bond acceptors (Lipinski definition) is 5. The topological polar surface area (TPSA) is 115 Å². The molecule has 1 aromatic carbocycles. The Morgan fingerprint density at radius 2 is 2.00 bits per heavy atom. The van der Waals surface area contributed by atoms with Crippen molar-refractivity contribution in [2.24, 2.45) is 0 Å². The normalized spacial score (nSPS) is 14.9. The summed E-state index contributed by atoms with van der Waals surface area (Å²) in [5, 5.41) is 23.7. The molecule has 1 aliphatic carbocycles. The van der Waals surface area contributed by atoms with Crippen molar-refractivity contribution in [1.82, 2.24) is 34.7 Å². The molecule has 0 bridgehead atoms. The molecule has 0 spiro atoms. The van der Waals surface area contributed by atoms with Gasteiger partial charge in [-0.3, -0.25) is 0 Å². The van der Waals surface area contributed by atoms with Gasteiger partial charge in [-0.1, -0.05) is 19.1 Å². The van der Waals surface area contributed by atoms with E-state index in [1.54, 1.807) is 0 Å². The standard InChI is InChI=1S/C24H25N7O2/c1-2-21-25-19-7-4-3-6-17(14-22(32)33)23(19)31(21)15-16-9-11-18(12-10-16)30-13-5-8-20(30)24-26-28-29-27-24/h5,8-14H,2-4,6-7,15H2,1H3,(H,32,33)(H,26,27,28,29)/b17-14+. The number of aromatic amines is 1. The fraction of sp³-hybridized carbons (Fsp3) is 0.292. The van der Waals surface area contributed by atoms with Crippen LogP contribution in [-0.2, 0) is 24.2 Å². The fourth-order valence-electron chi connectivity index (χ4n) is 4.55. The number of fused-ring (bicyclic) bond motifs is 1. The smallest absolute Gasteiger partial charge is 0.328 e. The van der Waals surface area contributed by atoms with Crippen LogP contribution in [0.1, 0.15) is 49.0 Å². The average molecular weight is 444 g/mol. The molecule has 0 atom stereocenters.